The fourth-order valence-corrected chi connectivity index (χ4v) is 3.62. The van der Waals surface area contributed by atoms with E-state index < -0.39 is 0 Å². The Morgan fingerprint density at radius 2 is 2.00 bits per heavy atom. The molecule has 0 unspecified atom stereocenters. The zero-order valence-corrected chi connectivity index (χ0v) is 14.2. The lowest BCUT2D eigenvalue weighted by Crippen LogP contribution is -2.50. The summed E-state index contributed by atoms with van der Waals surface area (Å²) < 4.78 is 5.41. The quantitative estimate of drug-likeness (QED) is 0.834. The van der Waals surface area contributed by atoms with Crippen LogP contribution in [0, 0.1) is 11.8 Å². The third-order valence-electron chi connectivity index (χ3n) is 4.38. The molecule has 124 valence electrons. The number of likely N-dealkylation sites (tertiary alicyclic amines) is 1. The van der Waals surface area contributed by atoms with Crippen LogP contribution in [0.1, 0.15) is 20.3 Å². The van der Waals surface area contributed by atoms with Crippen molar-refractivity contribution in [2.24, 2.45) is 11.8 Å². The van der Waals surface area contributed by atoms with Crippen molar-refractivity contribution in [3.8, 4) is 5.75 Å². The Kier molecular flexibility index (Phi) is 4.48. The van der Waals surface area contributed by atoms with Gasteiger partial charge in [0.05, 0.1) is 5.69 Å². The van der Waals surface area contributed by atoms with Gasteiger partial charge in [-0.2, -0.15) is 0 Å². The van der Waals surface area contributed by atoms with Crippen molar-refractivity contribution in [1.29, 1.82) is 0 Å². The summed E-state index contributed by atoms with van der Waals surface area (Å²) in [4.78, 5) is 28.2. The lowest BCUT2D eigenvalue weighted by Gasteiger charge is -2.37. The van der Waals surface area contributed by atoms with Gasteiger partial charge < -0.3 is 9.64 Å². The standard InChI is InChI=1S/C17H21ClN2O3/c1-11-5-12(2)8-19(7-11)16(21)9-20-14-6-13(18)3-4-15(14)23-10-17(20)22/h3-4,6,11-12H,5,7-10H2,1-2H3/t11-,12-/m1/s1. The van der Waals surface area contributed by atoms with Crippen LogP contribution in [-0.4, -0.2) is 43.0 Å². The highest BCUT2D eigenvalue weighted by molar-refractivity contribution is 6.31. The van der Waals surface area contributed by atoms with E-state index in [1.54, 1.807) is 18.2 Å². The molecule has 0 bridgehead atoms. The molecule has 1 aromatic rings. The predicted octanol–water partition coefficient (Wildman–Crippen LogP) is 2.57. The third-order valence-corrected chi connectivity index (χ3v) is 4.61. The van der Waals surface area contributed by atoms with Crippen molar-refractivity contribution in [1.82, 2.24) is 4.90 Å². The van der Waals surface area contributed by atoms with Gasteiger partial charge in [-0.05, 0) is 36.5 Å². The molecule has 3 rings (SSSR count). The number of piperidine rings is 1. The van der Waals surface area contributed by atoms with E-state index >= 15 is 0 Å². The third kappa shape index (κ3) is 3.44. The summed E-state index contributed by atoms with van der Waals surface area (Å²) in [6.07, 6.45) is 1.14. The second-order valence-corrected chi connectivity index (χ2v) is 7.06. The van der Waals surface area contributed by atoms with Gasteiger partial charge in [-0.15, -0.1) is 0 Å². The number of nitrogens with zero attached hydrogens (tertiary/aromatic N) is 2. The van der Waals surface area contributed by atoms with Crippen molar-refractivity contribution in [3.05, 3.63) is 23.2 Å². The van der Waals surface area contributed by atoms with Crippen LogP contribution >= 0.6 is 11.6 Å². The van der Waals surface area contributed by atoms with Crippen LogP contribution in [0.2, 0.25) is 5.02 Å². The molecule has 1 saturated heterocycles. The number of amides is 2. The molecular weight excluding hydrogens is 316 g/mol. The Morgan fingerprint density at radius 3 is 2.70 bits per heavy atom. The molecule has 6 heteroatoms. The summed E-state index contributed by atoms with van der Waals surface area (Å²) in [5.74, 6) is 1.33. The van der Waals surface area contributed by atoms with Crippen molar-refractivity contribution in [2.75, 3.05) is 31.1 Å². The fourth-order valence-electron chi connectivity index (χ4n) is 3.45. The highest BCUT2D eigenvalue weighted by atomic mass is 35.5. The van der Waals surface area contributed by atoms with Crippen molar-refractivity contribution >= 4 is 29.1 Å². The first-order valence-electron chi connectivity index (χ1n) is 7.94. The maximum atomic E-state index is 12.7. The number of hydrogen-bond acceptors (Lipinski definition) is 3. The molecule has 1 aromatic carbocycles. The SMILES string of the molecule is C[C@@H]1C[C@@H](C)CN(C(=O)CN2C(=O)COc3ccc(Cl)cc32)C1. The molecule has 23 heavy (non-hydrogen) atoms. The Morgan fingerprint density at radius 1 is 1.30 bits per heavy atom. The minimum absolute atomic E-state index is 0.0235. The number of fused-ring (bicyclic) bond motifs is 1. The van der Waals surface area contributed by atoms with Crippen LogP contribution in [0.25, 0.3) is 0 Å². The highest BCUT2D eigenvalue weighted by Crippen LogP contribution is 2.34. The summed E-state index contributed by atoms with van der Waals surface area (Å²) in [6.45, 7) is 5.81. The largest absolute Gasteiger partial charge is 0.482 e. The van der Waals surface area contributed by atoms with E-state index in [0.717, 1.165) is 19.5 Å². The van der Waals surface area contributed by atoms with Crippen LogP contribution < -0.4 is 9.64 Å². The van der Waals surface area contributed by atoms with E-state index in [-0.39, 0.29) is 25.0 Å². The van der Waals surface area contributed by atoms with Gasteiger partial charge in [0.25, 0.3) is 5.91 Å². The van der Waals surface area contributed by atoms with E-state index in [4.69, 9.17) is 16.3 Å². The van der Waals surface area contributed by atoms with E-state index in [1.807, 2.05) is 4.90 Å². The predicted molar refractivity (Wildman–Crippen MR) is 88.8 cm³/mol. The zero-order valence-electron chi connectivity index (χ0n) is 13.4. The van der Waals surface area contributed by atoms with E-state index in [1.165, 1.54) is 4.90 Å². The average molecular weight is 337 g/mol. The number of rotatable bonds is 2. The normalized spacial score (nSPS) is 24.2. The second kappa shape index (κ2) is 6.40. The molecular formula is C17H21ClN2O3. The van der Waals surface area contributed by atoms with Gasteiger partial charge in [-0.1, -0.05) is 25.4 Å². The van der Waals surface area contributed by atoms with E-state index in [2.05, 4.69) is 13.8 Å². The molecule has 2 atom stereocenters. The van der Waals surface area contributed by atoms with Gasteiger partial charge in [0, 0.05) is 18.1 Å². The number of carbonyl (C=O) groups excluding carboxylic acids is 2. The average Bonchev–Trinajstić information content (AvgIpc) is 2.49. The van der Waals surface area contributed by atoms with Crippen LogP contribution in [0.15, 0.2) is 18.2 Å². The first-order chi connectivity index (χ1) is 10.9. The maximum Gasteiger partial charge on any atom is 0.265 e. The molecule has 1 fully saturated rings. The molecule has 0 aromatic heterocycles. The lowest BCUT2D eigenvalue weighted by molar-refractivity contribution is -0.134. The van der Waals surface area contributed by atoms with Crippen LogP contribution in [0.4, 0.5) is 5.69 Å². The molecule has 0 saturated carbocycles. The van der Waals surface area contributed by atoms with E-state index in [0.29, 0.717) is 28.3 Å². The molecule has 2 aliphatic rings. The second-order valence-electron chi connectivity index (χ2n) is 6.63. The molecule has 2 amide bonds. The lowest BCUT2D eigenvalue weighted by atomic mass is 9.92. The number of hydrogen-bond donors (Lipinski definition) is 0. The summed E-state index contributed by atoms with van der Waals surface area (Å²) in [7, 11) is 0. The molecule has 2 aliphatic heterocycles. The van der Waals surface area contributed by atoms with E-state index in [9.17, 15) is 9.59 Å². The first kappa shape index (κ1) is 16.1. The molecule has 0 aliphatic carbocycles. The fraction of sp³-hybridized carbons (Fsp3) is 0.529. The van der Waals surface area contributed by atoms with Crippen molar-refractivity contribution in [3.63, 3.8) is 0 Å². The molecule has 0 N–H and O–H groups in total. The Hall–Kier alpha value is -1.75. The maximum absolute atomic E-state index is 12.7. The molecule has 2 heterocycles. The number of halogens is 1. The Bertz CT molecular complexity index is 624. The molecule has 5 nitrogen and oxygen atoms in total. The van der Waals surface area contributed by atoms with Crippen LogP contribution in [-0.2, 0) is 9.59 Å². The van der Waals surface area contributed by atoms with Crippen LogP contribution in [0.5, 0.6) is 5.75 Å². The minimum atomic E-state index is -0.216. The highest BCUT2D eigenvalue weighted by Gasteiger charge is 2.31. The topological polar surface area (TPSA) is 49.9 Å². The van der Waals surface area contributed by atoms with Gasteiger partial charge in [0.1, 0.15) is 12.3 Å². The van der Waals surface area contributed by atoms with Gasteiger partial charge >= 0.3 is 0 Å². The number of ether oxygens (including phenoxy) is 1. The summed E-state index contributed by atoms with van der Waals surface area (Å²) in [5, 5.41) is 0.514. The van der Waals surface area contributed by atoms with Crippen molar-refractivity contribution < 1.29 is 14.3 Å². The Balaban J connectivity index is 1.78. The van der Waals surface area contributed by atoms with Gasteiger partial charge in [0.15, 0.2) is 6.61 Å². The molecule has 0 spiro atoms. The van der Waals surface area contributed by atoms with Gasteiger partial charge in [0.2, 0.25) is 5.91 Å². The number of benzene rings is 1. The van der Waals surface area contributed by atoms with Gasteiger partial charge in [-0.25, -0.2) is 0 Å². The molecule has 0 radical (unpaired) electrons. The number of carbonyl (C=O) groups is 2. The Labute approximate surface area is 141 Å². The first-order valence-corrected chi connectivity index (χ1v) is 8.32. The zero-order chi connectivity index (χ0) is 16.6. The number of anilines is 1. The monoisotopic (exact) mass is 336 g/mol. The summed E-state index contributed by atoms with van der Waals surface area (Å²) in [5.41, 5.74) is 0.570. The van der Waals surface area contributed by atoms with Crippen LogP contribution in [0.3, 0.4) is 0 Å². The van der Waals surface area contributed by atoms with Crippen molar-refractivity contribution in [2.45, 2.75) is 20.3 Å². The smallest absolute Gasteiger partial charge is 0.265 e. The van der Waals surface area contributed by atoms with Gasteiger partial charge in [-0.3, -0.25) is 14.5 Å². The summed E-state index contributed by atoms with van der Waals surface area (Å²) >= 11 is 6.02. The minimum Gasteiger partial charge on any atom is -0.482 e. The summed E-state index contributed by atoms with van der Waals surface area (Å²) in [6, 6.07) is 5.11.